The van der Waals surface area contributed by atoms with E-state index in [0.29, 0.717) is 64.1 Å². The molecular weight excluding hydrogens is 983 g/mol. The van der Waals surface area contributed by atoms with Crippen molar-refractivity contribution in [1.29, 1.82) is 0 Å². The number of nitrogens with one attached hydrogen (secondary N) is 2. The first-order valence-electron chi connectivity index (χ1n) is 20.0. The van der Waals surface area contributed by atoms with Crippen LogP contribution in [0.25, 0.3) is 20.4 Å². The van der Waals surface area contributed by atoms with E-state index < -0.39 is 20.2 Å². The Morgan fingerprint density at radius 2 is 1.06 bits per heavy atom. The van der Waals surface area contributed by atoms with Gasteiger partial charge in [0.2, 0.25) is 11.9 Å². The molecule has 8 rings (SSSR count). The predicted octanol–water partition coefficient (Wildman–Crippen LogP) is 12.0. The van der Waals surface area contributed by atoms with Crippen LogP contribution >= 0.6 is 57.5 Å². The van der Waals surface area contributed by atoms with Crippen molar-refractivity contribution in [2.75, 3.05) is 46.6 Å². The Morgan fingerprint density at radius 3 is 1.48 bits per heavy atom. The molecule has 26 heteroatoms. The van der Waals surface area contributed by atoms with Gasteiger partial charge >= 0.3 is 20.2 Å². The summed E-state index contributed by atoms with van der Waals surface area (Å²) < 4.78 is 74.8. The number of benzene rings is 3. The highest BCUT2D eigenvalue weighted by atomic mass is 32.3. The molecule has 0 saturated heterocycles. The second-order valence-corrected chi connectivity index (χ2v) is 21.7. The SMILES string of the molecule is CCN(CC)c1ccc(N=Nc2snc3sc(S(=O)(=O)O)cc23)c(Nc2nc(Nc3cc(N(CC)CC)ccc3N=Nc3snc4sc(S(=O)(=O)O)cc34)nc(SCc3ccccc3)n2)c1. The van der Waals surface area contributed by atoms with Gasteiger partial charge in [-0.05, 0) is 105 Å². The molecule has 0 unspecified atom stereocenters. The highest BCUT2D eigenvalue weighted by Crippen LogP contribution is 2.42. The minimum atomic E-state index is -4.43. The summed E-state index contributed by atoms with van der Waals surface area (Å²) >= 11 is 5.22. The monoisotopic (exact) mass is 1020 g/mol. The van der Waals surface area contributed by atoms with Crippen molar-refractivity contribution in [3.8, 4) is 0 Å². The van der Waals surface area contributed by atoms with Crippen molar-refractivity contribution in [3.05, 3.63) is 84.4 Å². The van der Waals surface area contributed by atoms with Gasteiger partial charge in [0.1, 0.15) is 29.5 Å². The Labute approximate surface area is 399 Å². The largest absolute Gasteiger partial charge is 0.372 e. The van der Waals surface area contributed by atoms with Crippen molar-refractivity contribution in [2.45, 2.75) is 47.0 Å². The second kappa shape index (κ2) is 20.1. The van der Waals surface area contributed by atoms with Crippen LogP contribution in [0.4, 0.5) is 56.0 Å². The Hall–Kier alpha value is -5.58. The first kappa shape index (κ1) is 46.9. The molecule has 0 radical (unpaired) electrons. The fourth-order valence-corrected chi connectivity index (χ4v) is 12.3. The fraction of sp³-hybridized carbons (Fsp3) is 0.225. The normalized spacial score (nSPS) is 12.3. The maximum Gasteiger partial charge on any atom is 0.304 e. The van der Waals surface area contributed by atoms with Gasteiger partial charge in [-0.15, -0.1) is 43.1 Å². The van der Waals surface area contributed by atoms with Crippen LogP contribution in [0.1, 0.15) is 33.3 Å². The zero-order chi connectivity index (χ0) is 46.6. The van der Waals surface area contributed by atoms with E-state index in [1.54, 1.807) is 0 Å². The summed E-state index contributed by atoms with van der Waals surface area (Å²) in [4.78, 5) is 19.7. The molecule has 5 aromatic heterocycles. The topological polar surface area (TPSA) is 253 Å². The molecule has 0 bridgehead atoms. The van der Waals surface area contributed by atoms with E-state index in [2.05, 4.69) is 77.3 Å². The highest BCUT2D eigenvalue weighted by Gasteiger charge is 2.21. The minimum Gasteiger partial charge on any atom is -0.372 e. The number of thioether (sulfide) groups is 1. The summed E-state index contributed by atoms with van der Waals surface area (Å²) in [7, 11) is -8.85. The Bertz CT molecular complexity index is 3120. The van der Waals surface area contributed by atoms with Gasteiger partial charge in [-0.25, -0.2) is 0 Å². The molecular formula is C40H39N13O6S7. The number of hydrogen-bond acceptors (Lipinski definition) is 22. The van der Waals surface area contributed by atoms with E-state index in [4.69, 9.17) is 15.0 Å². The van der Waals surface area contributed by atoms with Crippen LogP contribution in [-0.4, -0.2) is 75.8 Å². The number of fused-ring (bicyclic) bond motifs is 2. The van der Waals surface area contributed by atoms with Gasteiger partial charge in [0.05, 0.1) is 22.1 Å². The number of azo groups is 2. The fourth-order valence-electron chi connectivity index (χ4n) is 6.51. The van der Waals surface area contributed by atoms with Crippen LogP contribution in [0.5, 0.6) is 0 Å². The summed E-state index contributed by atoms with van der Waals surface area (Å²) in [6.07, 6.45) is 0. The Balaban J connectivity index is 1.19. The molecule has 0 atom stereocenters. The maximum atomic E-state index is 11.9. The molecule has 0 saturated carbocycles. The van der Waals surface area contributed by atoms with Crippen LogP contribution < -0.4 is 20.4 Å². The second-order valence-electron chi connectivity index (χ2n) is 13.9. The average Bonchev–Trinajstić information content (AvgIpc) is 4.09. The van der Waals surface area contributed by atoms with Gasteiger partial charge in [-0.2, -0.15) is 40.5 Å². The number of thiophene rings is 2. The molecule has 4 N–H and O–H groups in total. The van der Waals surface area contributed by atoms with E-state index >= 15 is 0 Å². The van der Waals surface area contributed by atoms with Crippen LogP contribution in [0.15, 0.2) is 113 Å². The molecule has 0 aliphatic carbocycles. The number of hydrogen-bond donors (Lipinski definition) is 4. The molecule has 0 amide bonds. The highest BCUT2D eigenvalue weighted by molar-refractivity contribution is 7.98. The number of nitrogens with zero attached hydrogens (tertiary/aromatic N) is 11. The molecule has 0 fully saturated rings. The Kier molecular flexibility index (Phi) is 14.3. The van der Waals surface area contributed by atoms with Crippen LogP contribution in [-0.2, 0) is 26.0 Å². The summed E-state index contributed by atoms with van der Waals surface area (Å²) in [6.45, 7) is 11.2. The number of anilines is 6. The van der Waals surface area contributed by atoms with E-state index in [-0.39, 0.29) is 20.3 Å². The Morgan fingerprint density at radius 1 is 0.606 bits per heavy atom. The van der Waals surface area contributed by atoms with E-state index in [1.807, 2.05) is 66.7 Å². The van der Waals surface area contributed by atoms with Crippen molar-refractivity contribution in [2.24, 2.45) is 20.5 Å². The minimum absolute atomic E-state index is 0.189. The van der Waals surface area contributed by atoms with E-state index in [1.165, 1.54) is 23.9 Å². The summed E-state index contributed by atoms with van der Waals surface area (Å²) in [5.41, 5.74) is 4.75. The van der Waals surface area contributed by atoms with Gasteiger partial charge in [-0.3, -0.25) is 9.11 Å². The quantitative estimate of drug-likeness (QED) is 0.0334. The number of rotatable bonds is 19. The van der Waals surface area contributed by atoms with Crippen molar-refractivity contribution >= 4 is 154 Å². The molecule has 5 heterocycles. The van der Waals surface area contributed by atoms with Gasteiger partial charge in [0.25, 0.3) is 0 Å². The van der Waals surface area contributed by atoms with Crippen molar-refractivity contribution in [3.63, 3.8) is 0 Å². The van der Waals surface area contributed by atoms with E-state index in [9.17, 15) is 25.9 Å². The lowest BCUT2D eigenvalue weighted by Crippen LogP contribution is -2.21. The summed E-state index contributed by atoms with van der Waals surface area (Å²) in [5, 5.41) is 26.9. The van der Waals surface area contributed by atoms with Gasteiger partial charge < -0.3 is 20.4 Å². The third-order valence-corrected chi connectivity index (χ3v) is 17.1. The molecule has 0 spiro atoms. The van der Waals surface area contributed by atoms with Crippen LogP contribution in [0, 0.1) is 0 Å². The third kappa shape index (κ3) is 10.8. The van der Waals surface area contributed by atoms with Crippen molar-refractivity contribution < 1.29 is 25.9 Å². The molecule has 0 aliphatic heterocycles. The molecule has 8 aromatic rings. The van der Waals surface area contributed by atoms with Gasteiger partial charge in [0.15, 0.2) is 15.2 Å². The third-order valence-electron chi connectivity index (χ3n) is 9.81. The molecule has 3 aromatic carbocycles. The van der Waals surface area contributed by atoms with Crippen molar-refractivity contribution in [1.82, 2.24) is 23.7 Å². The zero-order valence-electron chi connectivity index (χ0n) is 35.3. The average molecular weight is 1020 g/mol. The first-order valence-corrected chi connectivity index (χ1v) is 27.1. The molecule has 19 nitrogen and oxygen atoms in total. The molecule has 0 aliphatic rings. The van der Waals surface area contributed by atoms with E-state index in [0.717, 1.165) is 88.9 Å². The van der Waals surface area contributed by atoms with Gasteiger partial charge in [-0.1, -0.05) is 42.1 Å². The summed E-state index contributed by atoms with van der Waals surface area (Å²) in [5.74, 6) is 0.942. The molecule has 342 valence electrons. The maximum absolute atomic E-state index is 11.9. The smallest absolute Gasteiger partial charge is 0.304 e. The first-order chi connectivity index (χ1) is 31.7. The van der Waals surface area contributed by atoms with Crippen LogP contribution in [0.3, 0.4) is 0 Å². The standard InChI is InChI=1S/C40H39N13O6S7/c1-5-52(6-2)24-14-16-28(46-48-34-26-20-32(65(54,55)56)61-36(26)50-63-34)30(18-24)41-38-43-39(45-40(44-38)60-22-23-12-10-9-11-13-23)42-31-19-25(53(7-3)8-4)15-17-29(31)47-49-35-27-21-33(66(57,58)59)62-37(27)51-64-35/h9-21H,5-8,22H2,1-4H3,(H,54,55,56)(H,57,58,59)(H2,41,42,43,44,45). The van der Waals surface area contributed by atoms with Crippen LogP contribution in [0.2, 0.25) is 0 Å². The lowest BCUT2D eigenvalue weighted by molar-refractivity contribution is 0.483. The van der Waals surface area contributed by atoms with Gasteiger partial charge in [0, 0.05) is 43.3 Å². The predicted molar refractivity (Wildman–Crippen MR) is 265 cm³/mol. The lowest BCUT2D eigenvalue weighted by atomic mass is 10.2. The molecule has 66 heavy (non-hydrogen) atoms. The zero-order valence-corrected chi connectivity index (χ0v) is 41.1. The summed E-state index contributed by atoms with van der Waals surface area (Å²) in [6, 6.07) is 23.9. The lowest BCUT2D eigenvalue weighted by Gasteiger charge is -2.22. The number of aromatic nitrogens is 5.